The fourth-order valence-electron chi connectivity index (χ4n) is 1.32. The van der Waals surface area contributed by atoms with Crippen LogP contribution in [-0.4, -0.2) is 19.3 Å². The smallest absolute Gasteiger partial charge is 0.392 e. The summed E-state index contributed by atoms with van der Waals surface area (Å²) < 4.78 is 53.9. The summed E-state index contributed by atoms with van der Waals surface area (Å²) in [6, 6.07) is 4.22. The van der Waals surface area contributed by atoms with E-state index < -0.39 is 25.0 Å². The number of hydrogen-bond acceptors (Lipinski definition) is 2. The van der Waals surface area contributed by atoms with E-state index in [1.807, 2.05) is 6.92 Å². The van der Waals surface area contributed by atoms with E-state index >= 15 is 0 Å². The number of hydrogen-bond donors (Lipinski definition) is 1. The van der Waals surface area contributed by atoms with Gasteiger partial charge in [0.05, 0.1) is 13.0 Å². The monoisotopic (exact) mass is 265 g/mol. The average Bonchev–Trinajstić information content (AvgIpc) is 2.27. The number of nitrogens with one attached hydrogen (secondary N) is 1. The minimum absolute atomic E-state index is 0.153. The summed E-state index contributed by atoms with van der Waals surface area (Å²) >= 11 is 0. The molecule has 0 radical (unpaired) electrons. The van der Waals surface area contributed by atoms with Gasteiger partial charge in [0.25, 0.3) is 0 Å². The summed E-state index contributed by atoms with van der Waals surface area (Å²) in [6.07, 6.45) is -5.38. The summed E-state index contributed by atoms with van der Waals surface area (Å²) in [6.45, 7) is 2.61. The standard InChI is InChI=1S/C12H15F4NO/c1-2-17-8-9-3-4-11(10(13)7-9)18-6-5-12(14,15)16/h3-4,7,17H,2,5-6,8H2,1H3. The van der Waals surface area contributed by atoms with Crippen molar-refractivity contribution in [3.05, 3.63) is 29.6 Å². The normalized spacial score (nSPS) is 11.6. The van der Waals surface area contributed by atoms with Gasteiger partial charge in [0.15, 0.2) is 11.6 Å². The lowest BCUT2D eigenvalue weighted by Crippen LogP contribution is -2.14. The van der Waals surface area contributed by atoms with Gasteiger partial charge in [0.2, 0.25) is 0 Å². The van der Waals surface area contributed by atoms with Crippen LogP contribution in [0.25, 0.3) is 0 Å². The summed E-state index contributed by atoms with van der Waals surface area (Å²) in [7, 11) is 0. The molecule has 6 heteroatoms. The molecule has 1 N–H and O–H groups in total. The summed E-state index contributed by atoms with van der Waals surface area (Å²) in [5.74, 6) is -0.799. The zero-order valence-corrected chi connectivity index (χ0v) is 9.98. The maximum atomic E-state index is 13.5. The Morgan fingerprint density at radius 1 is 1.28 bits per heavy atom. The van der Waals surface area contributed by atoms with Crippen LogP contribution >= 0.6 is 0 Å². The van der Waals surface area contributed by atoms with E-state index in [4.69, 9.17) is 4.74 Å². The first-order valence-electron chi connectivity index (χ1n) is 5.61. The molecule has 0 aliphatic carbocycles. The maximum Gasteiger partial charge on any atom is 0.392 e. The quantitative estimate of drug-likeness (QED) is 0.797. The van der Waals surface area contributed by atoms with Crippen LogP contribution < -0.4 is 10.1 Å². The molecule has 1 aromatic rings. The summed E-state index contributed by atoms with van der Waals surface area (Å²) in [5.41, 5.74) is 0.720. The molecule has 0 aromatic heterocycles. The SMILES string of the molecule is CCNCc1ccc(OCCC(F)(F)F)c(F)c1. The van der Waals surface area contributed by atoms with Gasteiger partial charge in [0, 0.05) is 6.54 Å². The number of ether oxygens (including phenoxy) is 1. The molecule has 0 saturated carbocycles. The zero-order chi connectivity index (χ0) is 13.6. The lowest BCUT2D eigenvalue weighted by atomic mass is 10.2. The molecule has 0 fully saturated rings. The van der Waals surface area contributed by atoms with Crippen LogP contribution in [0.4, 0.5) is 17.6 Å². The van der Waals surface area contributed by atoms with Crippen LogP contribution in [0.5, 0.6) is 5.75 Å². The van der Waals surface area contributed by atoms with Crippen LogP contribution in [0.2, 0.25) is 0 Å². The van der Waals surface area contributed by atoms with Crippen LogP contribution in [0.1, 0.15) is 18.9 Å². The number of alkyl halides is 3. The van der Waals surface area contributed by atoms with E-state index in [1.54, 1.807) is 6.07 Å². The maximum absolute atomic E-state index is 13.5. The molecule has 1 rings (SSSR count). The third kappa shape index (κ3) is 5.35. The Morgan fingerprint density at radius 2 is 2.00 bits per heavy atom. The first kappa shape index (κ1) is 14.8. The summed E-state index contributed by atoms with van der Waals surface area (Å²) in [5, 5.41) is 3.02. The molecule has 102 valence electrons. The van der Waals surface area contributed by atoms with Gasteiger partial charge in [-0.05, 0) is 24.2 Å². The van der Waals surface area contributed by atoms with Crippen molar-refractivity contribution >= 4 is 0 Å². The van der Waals surface area contributed by atoms with Crippen molar-refractivity contribution in [3.8, 4) is 5.75 Å². The van der Waals surface area contributed by atoms with Crippen molar-refractivity contribution in [2.24, 2.45) is 0 Å². The molecule has 18 heavy (non-hydrogen) atoms. The zero-order valence-electron chi connectivity index (χ0n) is 9.98. The third-order valence-electron chi connectivity index (χ3n) is 2.22. The lowest BCUT2D eigenvalue weighted by molar-refractivity contribution is -0.139. The van der Waals surface area contributed by atoms with Crippen molar-refractivity contribution in [1.82, 2.24) is 5.32 Å². The second-order valence-electron chi connectivity index (χ2n) is 3.76. The first-order valence-corrected chi connectivity index (χ1v) is 5.61. The fraction of sp³-hybridized carbons (Fsp3) is 0.500. The number of rotatable bonds is 6. The Labute approximate surface area is 103 Å². The molecule has 0 amide bonds. The molecule has 0 heterocycles. The molecule has 2 nitrogen and oxygen atoms in total. The van der Waals surface area contributed by atoms with E-state index in [2.05, 4.69) is 5.32 Å². The average molecular weight is 265 g/mol. The minimum atomic E-state index is -4.29. The van der Waals surface area contributed by atoms with Gasteiger partial charge >= 0.3 is 6.18 Å². The van der Waals surface area contributed by atoms with Gasteiger partial charge in [0.1, 0.15) is 0 Å². The summed E-state index contributed by atoms with van der Waals surface area (Å²) in [4.78, 5) is 0. The molecular weight excluding hydrogens is 250 g/mol. The molecule has 1 aromatic carbocycles. The van der Waals surface area contributed by atoms with E-state index in [1.165, 1.54) is 12.1 Å². The number of halogens is 4. The van der Waals surface area contributed by atoms with Crippen LogP contribution in [0.3, 0.4) is 0 Å². The number of benzene rings is 1. The van der Waals surface area contributed by atoms with Crippen LogP contribution in [-0.2, 0) is 6.54 Å². The second-order valence-corrected chi connectivity index (χ2v) is 3.76. The van der Waals surface area contributed by atoms with Crippen LogP contribution in [0.15, 0.2) is 18.2 Å². The van der Waals surface area contributed by atoms with Crippen molar-refractivity contribution < 1.29 is 22.3 Å². The predicted octanol–water partition coefficient (Wildman–Crippen LogP) is 3.27. The topological polar surface area (TPSA) is 21.3 Å². The predicted molar refractivity (Wildman–Crippen MR) is 59.9 cm³/mol. The first-order chi connectivity index (χ1) is 8.42. The van der Waals surface area contributed by atoms with Crippen LogP contribution in [0, 0.1) is 5.82 Å². The van der Waals surface area contributed by atoms with Crippen molar-refractivity contribution in [1.29, 1.82) is 0 Å². The van der Waals surface area contributed by atoms with E-state index in [0.717, 1.165) is 12.1 Å². The highest BCUT2D eigenvalue weighted by Gasteiger charge is 2.27. The molecule has 0 bridgehead atoms. The molecule has 0 spiro atoms. The molecule has 0 aliphatic heterocycles. The van der Waals surface area contributed by atoms with Gasteiger partial charge in [-0.25, -0.2) is 4.39 Å². The molecule has 0 saturated heterocycles. The lowest BCUT2D eigenvalue weighted by Gasteiger charge is -2.10. The van der Waals surface area contributed by atoms with Gasteiger partial charge in [-0.1, -0.05) is 13.0 Å². The van der Waals surface area contributed by atoms with Gasteiger partial charge in [-0.3, -0.25) is 0 Å². The fourth-order valence-corrected chi connectivity index (χ4v) is 1.32. The van der Waals surface area contributed by atoms with E-state index in [0.29, 0.717) is 6.54 Å². The molecule has 0 aliphatic rings. The largest absolute Gasteiger partial charge is 0.490 e. The molecule has 0 atom stereocenters. The van der Waals surface area contributed by atoms with E-state index in [-0.39, 0.29) is 5.75 Å². The van der Waals surface area contributed by atoms with Crippen molar-refractivity contribution in [2.75, 3.05) is 13.2 Å². The Hall–Kier alpha value is -1.30. The minimum Gasteiger partial charge on any atom is -0.490 e. The Bertz CT molecular complexity index is 379. The Morgan fingerprint density at radius 3 is 2.56 bits per heavy atom. The highest BCUT2D eigenvalue weighted by Crippen LogP contribution is 2.22. The van der Waals surface area contributed by atoms with Gasteiger partial charge in [-0.2, -0.15) is 13.2 Å². The second kappa shape index (κ2) is 6.58. The molecular formula is C12H15F4NO. The highest BCUT2D eigenvalue weighted by atomic mass is 19.4. The van der Waals surface area contributed by atoms with Crippen molar-refractivity contribution in [2.45, 2.75) is 26.1 Å². The Kier molecular flexibility index (Phi) is 5.40. The van der Waals surface area contributed by atoms with E-state index in [9.17, 15) is 17.6 Å². The van der Waals surface area contributed by atoms with Crippen molar-refractivity contribution in [3.63, 3.8) is 0 Å². The van der Waals surface area contributed by atoms with Gasteiger partial charge in [-0.15, -0.1) is 0 Å². The highest BCUT2D eigenvalue weighted by molar-refractivity contribution is 5.29. The molecule has 0 unspecified atom stereocenters. The van der Waals surface area contributed by atoms with Gasteiger partial charge < -0.3 is 10.1 Å². The Balaban J connectivity index is 2.52. The third-order valence-corrected chi connectivity index (χ3v) is 2.22.